The van der Waals surface area contributed by atoms with Crippen molar-refractivity contribution in [1.29, 1.82) is 0 Å². The van der Waals surface area contributed by atoms with Gasteiger partial charge in [0, 0.05) is 26.2 Å². The molecule has 4 rings (SSSR count). The molecule has 7 heteroatoms. The molecule has 7 nitrogen and oxygen atoms in total. The van der Waals surface area contributed by atoms with Crippen molar-refractivity contribution in [3.63, 3.8) is 0 Å². The molecular weight excluding hydrogens is 342 g/mol. The number of H-pyrrole nitrogens is 1. The fourth-order valence-electron chi connectivity index (χ4n) is 3.32. The largest absolute Gasteiger partial charge is 0.495 e. The van der Waals surface area contributed by atoms with Gasteiger partial charge in [-0.05, 0) is 36.8 Å². The van der Waals surface area contributed by atoms with Crippen molar-refractivity contribution in [3.8, 4) is 5.75 Å². The molecular formula is C20H23N5O2. The van der Waals surface area contributed by atoms with Crippen molar-refractivity contribution in [2.45, 2.75) is 6.92 Å². The van der Waals surface area contributed by atoms with Gasteiger partial charge in [0.05, 0.1) is 23.8 Å². The molecule has 0 aliphatic carbocycles. The van der Waals surface area contributed by atoms with E-state index in [1.54, 1.807) is 7.11 Å². The summed E-state index contributed by atoms with van der Waals surface area (Å²) in [6, 6.07) is 13.5. The fraction of sp³-hybridized carbons (Fsp3) is 0.300. The first-order chi connectivity index (χ1) is 13.1. The van der Waals surface area contributed by atoms with Crippen molar-refractivity contribution in [2.75, 3.05) is 43.5 Å². The number of carbonyl (C=O) groups excluding carboxylic acids is 1. The average Bonchev–Trinajstić information content (AvgIpc) is 3.11. The summed E-state index contributed by atoms with van der Waals surface area (Å²) < 4.78 is 5.29. The van der Waals surface area contributed by atoms with Gasteiger partial charge >= 0.3 is 6.03 Å². The third kappa shape index (κ3) is 3.53. The van der Waals surface area contributed by atoms with Crippen LogP contribution < -0.4 is 15.0 Å². The van der Waals surface area contributed by atoms with Gasteiger partial charge in [-0.1, -0.05) is 18.2 Å². The lowest BCUT2D eigenvalue weighted by Crippen LogP contribution is -2.50. The predicted octanol–water partition coefficient (Wildman–Crippen LogP) is 3.23. The first kappa shape index (κ1) is 17.2. The number of para-hydroxylation sites is 2. The first-order valence-electron chi connectivity index (χ1n) is 9.04. The van der Waals surface area contributed by atoms with Crippen LogP contribution in [0, 0.1) is 6.92 Å². The second-order valence-corrected chi connectivity index (χ2v) is 6.69. The topological polar surface area (TPSA) is 73.5 Å². The highest BCUT2D eigenvalue weighted by atomic mass is 16.5. The molecule has 1 fully saturated rings. The Hall–Kier alpha value is -3.22. The number of hydrogen-bond donors (Lipinski definition) is 2. The van der Waals surface area contributed by atoms with Crippen molar-refractivity contribution >= 4 is 28.7 Å². The number of aryl methyl sites for hydroxylation is 1. The normalized spacial score (nSPS) is 14.4. The molecule has 2 N–H and O–H groups in total. The molecule has 0 radical (unpaired) electrons. The smallest absolute Gasteiger partial charge is 0.322 e. The number of urea groups is 1. The van der Waals surface area contributed by atoms with Gasteiger partial charge < -0.3 is 24.8 Å². The number of fused-ring (bicyclic) bond motifs is 1. The third-order valence-corrected chi connectivity index (χ3v) is 4.84. The van der Waals surface area contributed by atoms with Crippen LogP contribution in [0.15, 0.2) is 42.5 Å². The monoisotopic (exact) mass is 365 g/mol. The number of nitrogens with one attached hydrogen (secondary N) is 2. The zero-order valence-electron chi connectivity index (χ0n) is 15.5. The van der Waals surface area contributed by atoms with Gasteiger partial charge in [0.2, 0.25) is 5.95 Å². The van der Waals surface area contributed by atoms with Gasteiger partial charge in [-0.3, -0.25) is 0 Å². The molecule has 0 saturated carbocycles. The van der Waals surface area contributed by atoms with Crippen molar-refractivity contribution < 1.29 is 9.53 Å². The second kappa shape index (κ2) is 7.19. The van der Waals surface area contributed by atoms with E-state index in [1.165, 1.54) is 5.56 Å². The van der Waals surface area contributed by atoms with Crippen molar-refractivity contribution in [2.24, 2.45) is 0 Å². The van der Waals surface area contributed by atoms with Crippen molar-refractivity contribution in [1.82, 2.24) is 14.9 Å². The molecule has 3 aromatic rings. The van der Waals surface area contributed by atoms with Crippen LogP contribution in [0.5, 0.6) is 5.75 Å². The molecule has 1 aromatic heterocycles. The lowest BCUT2D eigenvalue weighted by molar-refractivity contribution is 0.208. The molecule has 0 atom stereocenters. The van der Waals surface area contributed by atoms with Crippen LogP contribution in [-0.2, 0) is 0 Å². The molecule has 2 aromatic carbocycles. The van der Waals surface area contributed by atoms with E-state index < -0.39 is 0 Å². The average molecular weight is 365 g/mol. The van der Waals surface area contributed by atoms with E-state index in [-0.39, 0.29) is 6.03 Å². The van der Waals surface area contributed by atoms with E-state index in [9.17, 15) is 4.79 Å². The standard InChI is InChI=1S/C20H23N5O2/c1-14-7-8-15-17(13-14)22-19(21-15)24-9-11-25(12-10-24)20(26)23-16-5-3-4-6-18(16)27-2/h3-8,13H,9-12H2,1-2H3,(H,21,22)(H,23,26). The number of ether oxygens (including phenoxy) is 1. The van der Waals surface area contributed by atoms with Gasteiger partial charge in [0.25, 0.3) is 0 Å². The van der Waals surface area contributed by atoms with Crippen LogP contribution in [0.2, 0.25) is 0 Å². The van der Waals surface area contributed by atoms with Gasteiger partial charge in [-0.25, -0.2) is 9.78 Å². The number of benzene rings is 2. The highest BCUT2D eigenvalue weighted by Gasteiger charge is 2.23. The maximum absolute atomic E-state index is 12.6. The van der Waals surface area contributed by atoms with E-state index in [2.05, 4.69) is 39.2 Å². The Balaban J connectivity index is 1.40. The summed E-state index contributed by atoms with van der Waals surface area (Å²) in [6.07, 6.45) is 0. The third-order valence-electron chi connectivity index (χ3n) is 4.84. The predicted molar refractivity (Wildman–Crippen MR) is 107 cm³/mol. The van der Waals surface area contributed by atoms with Crippen LogP contribution in [-0.4, -0.2) is 54.2 Å². The summed E-state index contributed by atoms with van der Waals surface area (Å²) in [5.74, 6) is 1.52. The molecule has 140 valence electrons. The van der Waals surface area contributed by atoms with Crippen LogP contribution in [0.4, 0.5) is 16.4 Å². The summed E-state index contributed by atoms with van der Waals surface area (Å²) in [4.78, 5) is 24.6. The van der Waals surface area contributed by atoms with E-state index in [4.69, 9.17) is 4.74 Å². The molecule has 0 bridgehead atoms. The number of hydrogen-bond acceptors (Lipinski definition) is 4. The van der Waals surface area contributed by atoms with Gasteiger partial charge in [0.1, 0.15) is 5.75 Å². The molecule has 1 aliphatic rings. The second-order valence-electron chi connectivity index (χ2n) is 6.69. The fourth-order valence-corrected chi connectivity index (χ4v) is 3.32. The minimum absolute atomic E-state index is 0.112. The van der Waals surface area contributed by atoms with Gasteiger partial charge in [-0.2, -0.15) is 0 Å². The Kier molecular flexibility index (Phi) is 4.58. The van der Waals surface area contributed by atoms with Crippen LogP contribution in [0.25, 0.3) is 11.0 Å². The summed E-state index contributed by atoms with van der Waals surface area (Å²) in [7, 11) is 1.60. The quantitative estimate of drug-likeness (QED) is 0.747. The highest BCUT2D eigenvalue weighted by molar-refractivity contribution is 5.91. The maximum Gasteiger partial charge on any atom is 0.322 e. The minimum Gasteiger partial charge on any atom is -0.495 e. The van der Waals surface area contributed by atoms with Crippen LogP contribution >= 0.6 is 0 Å². The van der Waals surface area contributed by atoms with E-state index in [0.717, 1.165) is 30.1 Å². The number of carbonyl (C=O) groups is 1. The maximum atomic E-state index is 12.6. The molecule has 2 heterocycles. The summed E-state index contributed by atoms with van der Waals surface area (Å²) in [5, 5.41) is 2.93. The summed E-state index contributed by atoms with van der Waals surface area (Å²) in [6.45, 7) is 4.81. The Labute approximate surface area is 157 Å². The summed E-state index contributed by atoms with van der Waals surface area (Å²) >= 11 is 0. The number of anilines is 2. The highest BCUT2D eigenvalue weighted by Crippen LogP contribution is 2.24. The number of rotatable bonds is 3. The minimum atomic E-state index is -0.112. The zero-order valence-corrected chi connectivity index (χ0v) is 15.5. The first-order valence-corrected chi connectivity index (χ1v) is 9.04. The number of amides is 2. The Morgan fingerprint density at radius 2 is 1.93 bits per heavy atom. The number of nitrogens with zero attached hydrogens (tertiary/aromatic N) is 3. The van der Waals surface area contributed by atoms with E-state index >= 15 is 0 Å². The van der Waals surface area contributed by atoms with Crippen LogP contribution in [0.1, 0.15) is 5.56 Å². The Morgan fingerprint density at radius 3 is 2.70 bits per heavy atom. The molecule has 1 saturated heterocycles. The van der Waals surface area contributed by atoms with Crippen LogP contribution in [0.3, 0.4) is 0 Å². The number of imidazole rings is 1. The zero-order chi connectivity index (χ0) is 18.8. The van der Waals surface area contributed by atoms with Crippen molar-refractivity contribution in [3.05, 3.63) is 48.0 Å². The SMILES string of the molecule is COc1ccccc1NC(=O)N1CCN(c2nc3ccc(C)cc3[nH]2)CC1. The molecule has 0 spiro atoms. The number of piperazine rings is 1. The van der Waals surface area contributed by atoms with E-state index in [1.807, 2.05) is 35.2 Å². The van der Waals surface area contributed by atoms with Gasteiger partial charge in [-0.15, -0.1) is 0 Å². The number of aromatic amines is 1. The molecule has 0 unspecified atom stereocenters. The van der Waals surface area contributed by atoms with E-state index in [0.29, 0.717) is 24.5 Å². The lowest BCUT2D eigenvalue weighted by Gasteiger charge is -2.34. The number of aromatic nitrogens is 2. The Morgan fingerprint density at radius 1 is 1.15 bits per heavy atom. The molecule has 2 amide bonds. The van der Waals surface area contributed by atoms with Gasteiger partial charge in [0.15, 0.2) is 0 Å². The summed E-state index contributed by atoms with van der Waals surface area (Å²) in [5.41, 5.74) is 3.89. The number of methoxy groups -OCH3 is 1. The molecule has 27 heavy (non-hydrogen) atoms. The Bertz CT molecular complexity index is 960. The lowest BCUT2D eigenvalue weighted by atomic mass is 10.2. The molecule has 1 aliphatic heterocycles.